The molecule has 0 spiro atoms. The summed E-state index contributed by atoms with van der Waals surface area (Å²) in [5, 5.41) is 10.7. The molecule has 0 unspecified atom stereocenters. The fourth-order valence-electron chi connectivity index (χ4n) is 2.99. The van der Waals surface area contributed by atoms with E-state index in [0.29, 0.717) is 24.6 Å². The van der Waals surface area contributed by atoms with Crippen molar-refractivity contribution in [3.05, 3.63) is 58.6 Å². The number of carboxylic acid groups (broad SMARTS) is 1. The Morgan fingerprint density at radius 3 is 2.76 bits per heavy atom. The Bertz CT molecular complexity index is 1010. The van der Waals surface area contributed by atoms with Gasteiger partial charge in [-0.25, -0.2) is 9.78 Å². The second-order valence-corrected chi connectivity index (χ2v) is 14.4. The van der Waals surface area contributed by atoms with Gasteiger partial charge < -0.3 is 14.4 Å². The Morgan fingerprint density at radius 2 is 2.03 bits per heavy atom. The summed E-state index contributed by atoms with van der Waals surface area (Å²) < 4.78 is 7.80. The molecule has 29 heavy (non-hydrogen) atoms. The molecule has 3 aromatic rings. The van der Waals surface area contributed by atoms with E-state index in [1.807, 2.05) is 16.8 Å². The maximum Gasteiger partial charge on any atom is 0.337 e. The van der Waals surface area contributed by atoms with Gasteiger partial charge >= 0.3 is 5.97 Å². The van der Waals surface area contributed by atoms with Gasteiger partial charge in [0.1, 0.15) is 12.4 Å². The van der Waals surface area contributed by atoms with E-state index in [-0.39, 0.29) is 5.56 Å². The summed E-state index contributed by atoms with van der Waals surface area (Å²) in [4.78, 5) is 19.7. The highest BCUT2D eigenvalue weighted by atomic mass is 35.5. The van der Waals surface area contributed by atoms with Gasteiger partial charge in [0.15, 0.2) is 0 Å². The largest absolute Gasteiger partial charge is 0.478 e. The van der Waals surface area contributed by atoms with E-state index in [9.17, 15) is 4.79 Å². The summed E-state index contributed by atoms with van der Waals surface area (Å²) >= 11 is 6.63. The third-order valence-corrected chi connectivity index (χ3v) is 6.90. The van der Waals surface area contributed by atoms with Gasteiger partial charge in [-0.05, 0) is 42.1 Å². The maximum absolute atomic E-state index is 11.1. The van der Waals surface area contributed by atoms with Gasteiger partial charge in [0.25, 0.3) is 0 Å². The number of carboxylic acids is 1. The number of aromatic nitrogens is 3. The number of pyridine rings is 2. The highest BCUT2D eigenvalue weighted by Crippen LogP contribution is 2.27. The van der Waals surface area contributed by atoms with Crippen molar-refractivity contribution >= 4 is 36.7 Å². The first kappa shape index (κ1) is 21.5. The van der Waals surface area contributed by atoms with Crippen LogP contribution in [0.25, 0.3) is 11.0 Å². The van der Waals surface area contributed by atoms with E-state index in [0.717, 1.165) is 34.8 Å². The number of fused-ring (bicyclic) bond motifs is 1. The smallest absolute Gasteiger partial charge is 0.337 e. The van der Waals surface area contributed by atoms with Gasteiger partial charge in [-0.1, -0.05) is 31.2 Å². The zero-order chi connectivity index (χ0) is 21.0. The molecule has 0 saturated carbocycles. The lowest BCUT2D eigenvalue weighted by Crippen LogP contribution is -2.22. The molecule has 0 bridgehead atoms. The quantitative estimate of drug-likeness (QED) is 0.386. The molecule has 0 aliphatic heterocycles. The molecular formula is C21H26ClN3O3Si. The summed E-state index contributed by atoms with van der Waals surface area (Å²) in [7, 11) is -1.10. The number of nitrogens with zero attached hydrogens (tertiary/aromatic N) is 3. The molecule has 3 heterocycles. The third kappa shape index (κ3) is 5.65. The maximum atomic E-state index is 11.1. The molecule has 3 aromatic heterocycles. The van der Waals surface area contributed by atoms with Crippen LogP contribution >= 0.6 is 11.6 Å². The summed E-state index contributed by atoms with van der Waals surface area (Å²) in [5.41, 5.74) is 2.78. The summed E-state index contributed by atoms with van der Waals surface area (Å²) in [5.74, 6) is -0.978. The Labute approximate surface area is 176 Å². The van der Waals surface area contributed by atoms with E-state index in [2.05, 4.69) is 29.6 Å². The van der Waals surface area contributed by atoms with Crippen LogP contribution in [0.2, 0.25) is 30.7 Å². The van der Waals surface area contributed by atoms with E-state index in [4.69, 9.17) is 21.4 Å². The third-order valence-electron chi connectivity index (χ3n) is 4.75. The molecule has 0 atom stereocenters. The minimum atomic E-state index is -1.10. The predicted molar refractivity (Wildman–Crippen MR) is 117 cm³/mol. The van der Waals surface area contributed by atoms with Crippen molar-refractivity contribution in [2.75, 3.05) is 6.61 Å². The molecule has 0 aliphatic rings. The zero-order valence-corrected chi connectivity index (χ0v) is 18.7. The lowest BCUT2D eigenvalue weighted by Gasteiger charge is -2.15. The average molecular weight is 432 g/mol. The summed E-state index contributed by atoms with van der Waals surface area (Å²) in [6, 6.07) is 4.73. The Kier molecular flexibility index (Phi) is 6.72. The van der Waals surface area contributed by atoms with Crippen molar-refractivity contribution in [1.82, 2.24) is 14.5 Å². The van der Waals surface area contributed by atoms with Crippen LogP contribution in [0.1, 0.15) is 21.5 Å². The minimum absolute atomic E-state index is 0.188. The fraction of sp³-hybridized carbons (Fsp3) is 0.381. The number of carbonyl (C=O) groups is 1. The van der Waals surface area contributed by atoms with Crippen molar-refractivity contribution in [3.63, 3.8) is 0 Å². The molecule has 154 valence electrons. The molecule has 3 rings (SSSR count). The Balaban J connectivity index is 1.67. The molecule has 0 radical (unpaired) electrons. The van der Waals surface area contributed by atoms with Crippen LogP contribution in [0.4, 0.5) is 0 Å². The summed E-state index contributed by atoms with van der Waals surface area (Å²) in [6.07, 6.45) is 8.06. The topological polar surface area (TPSA) is 77.2 Å². The van der Waals surface area contributed by atoms with Crippen LogP contribution in [0.5, 0.6) is 0 Å². The van der Waals surface area contributed by atoms with Gasteiger partial charge in [-0.15, -0.1) is 0 Å². The normalized spacial score (nSPS) is 11.9. The SMILES string of the molecule is C[Si](C)(C)CCOCn1ccc2c(Cl)c(CCc3cncc(C(=O)O)c3)cnc21. The number of hydrogen-bond donors (Lipinski definition) is 1. The van der Waals surface area contributed by atoms with Crippen LogP contribution < -0.4 is 0 Å². The van der Waals surface area contributed by atoms with E-state index >= 15 is 0 Å². The number of aryl methyl sites for hydroxylation is 2. The van der Waals surface area contributed by atoms with E-state index in [1.165, 1.54) is 6.20 Å². The molecule has 1 N–H and O–H groups in total. The average Bonchev–Trinajstić information content (AvgIpc) is 3.08. The standard InChI is InChI=1S/C21H26ClN3O3Si/c1-29(2,3)9-8-28-14-25-7-6-18-19(22)16(13-24-20(18)25)5-4-15-10-17(21(26)27)12-23-11-15/h6-7,10-13H,4-5,8-9,14H2,1-3H3,(H,26,27). The second-order valence-electron chi connectivity index (χ2n) is 8.36. The van der Waals surface area contributed by atoms with Crippen molar-refractivity contribution in [1.29, 1.82) is 0 Å². The van der Waals surface area contributed by atoms with E-state index < -0.39 is 14.0 Å². The van der Waals surface area contributed by atoms with Crippen molar-refractivity contribution < 1.29 is 14.6 Å². The van der Waals surface area contributed by atoms with Crippen LogP contribution in [-0.4, -0.2) is 40.3 Å². The number of halogens is 1. The molecular weight excluding hydrogens is 406 g/mol. The number of rotatable bonds is 9. The molecule has 0 aromatic carbocycles. The van der Waals surface area contributed by atoms with Gasteiger partial charge in [0, 0.05) is 44.9 Å². The first-order valence-corrected chi connectivity index (χ1v) is 13.7. The first-order chi connectivity index (χ1) is 13.7. The molecule has 0 fully saturated rings. The summed E-state index contributed by atoms with van der Waals surface area (Å²) in [6.45, 7) is 8.21. The second kappa shape index (κ2) is 9.07. The van der Waals surface area contributed by atoms with Crippen LogP contribution in [0.15, 0.2) is 36.9 Å². The number of aromatic carboxylic acids is 1. The van der Waals surface area contributed by atoms with Crippen LogP contribution in [-0.2, 0) is 24.3 Å². The molecule has 8 heteroatoms. The first-order valence-electron chi connectivity index (χ1n) is 9.62. The number of ether oxygens (including phenoxy) is 1. The van der Waals surface area contributed by atoms with E-state index in [1.54, 1.807) is 18.5 Å². The Morgan fingerprint density at radius 1 is 1.24 bits per heavy atom. The monoisotopic (exact) mass is 431 g/mol. The van der Waals surface area contributed by atoms with Gasteiger partial charge in [-0.3, -0.25) is 4.98 Å². The van der Waals surface area contributed by atoms with Crippen LogP contribution in [0.3, 0.4) is 0 Å². The number of hydrogen-bond acceptors (Lipinski definition) is 4. The fourth-order valence-corrected chi connectivity index (χ4v) is 4.04. The van der Waals surface area contributed by atoms with Crippen molar-refractivity contribution in [3.8, 4) is 0 Å². The lowest BCUT2D eigenvalue weighted by molar-refractivity contribution is 0.0696. The highest BCUT2D eigenvalue weighted by molar-refractivity contribution is 6.76. The van der Waals surface area contributed by atoms with Crippen molar-refractivity contribution in [2.24, 2.45) is 0 Å². The molecule has 0 saturated heterocycles. The van der Waals surface area contributed by atoms with Gasteiger partial charge in [0.2, 0.25) is 0 Å². The molecule has 0 aliphatic carbocycles. The predicted octanol–water partition coefficient (Wildman–Crippen LogP) is 4.88. The van der Waals surface area contributed by atoms with Crippen LogP contribution in [0, 0.1) is 0 Å². The molecule has 6 nitrogen and oxygen atoms in total. The van der Waals surface area contributed by atoms with Crippen molar-refractivity contribution in [2.45, 2.75) is 45.3 Å². The highest BCUT2D eigenvalue weighted by Gasteiger charge is 2.14. The zero-order valence-electron chi connectivity index (χ0n) is 17.0. The molecule has 0 amide bonds. The van der Waals surface area contributed by atoms with Gasteiger partial charge in [0.05, 0.1) is 10.6 Å². The minimum Gasteiger partial charge on any atom is -0.478 e. The van der Waals surface area contributed by atoms with Gasteiger partial charge in [-0.2, -0.15) is 0 Å². The lowest BCUT2D eigenvalue weighted by atomic mass is 10.1. The Hall–Kier alpha value is -2.22.